The Morgan fingerprint density at radius 2 is 2.07 bits per heavy atom. The standard InChI is InChI=1S/C12H13ClO/c13-11-6-7-14-12(9-11)8-10-4-2-1-3-5-10/h1-5,9,12H,6-8H2. The Labute approximate surface area is 89.3 Å². The van der Waals surface area contributed by atoms with Crippen molar-refractivity contribution in [2.75, 3.05) is 6.61 Å². The quantitative estimate of drug-likeness (QED) is 0.726. The van der Waals surface area contributed by atoms with Gasteiger partial charge in [-0.2, -0.15) is 0 Å². The van der Waals surface area contributed by atoms with Crippen molar-refractivity contribution in [3.05, 3.63) is 47.0 Å². The van der Waals surface area contributed by atoms with E-state index in [2.05, 4.69) is 12.1 Å². The van der Waals surface area contributed by atoms with E-state index in [0.29, 0.717) is 0 Å². The van der Waals surface area contributed by atoms with Crippen LogP contribution in [0.2, 0.25) is 0 Å². The van der Waals surface area contributed by atoms with Crippen molar-refractivity contribution < 1.29 is 4.74 Å². The Morgan fingerprint density at radius 3 is 2.79 bits per heavy atom. The van der Waals surface area contributed by atoms with Crippen molar-refractivity contribution in [2.45, 2.75) is 18.9 Å². The minimum Gasteiger partial charge on any atom is -0.373 e. The summed E-state index contributed by atoms with van der Waals surface area (Å²) in [6.07, 6.45) is 3.93. The summed E-state index contributed by atoms with van der Waals surface area (Å²) in [5.74, 6) is 0. The highest BCUT2D eigenvalue weighted by molar-refractivity contribution is 6.29. The summed E-state index contributed by atoms with van der Waals surface area (Å²) < 4.78 is 5.59. The molecule has 1 unspecified atom stereocenters. The molecule has 1 atom stereocenters. The molecule has 1 aromatic rings. The molecule has 74 valence electrons. The lowest BCUT2D eigenvalue weighted by molar-refractivity contribution is 0.0792. The number of ether oxygens (including phenoxy) is 1. The van der Waals surface area contributed by atoms with E-state index in [-0.39, 0.29) is 6.10 Å². The van der Waals surface area contributed by atoms with Crippen molar-refractivity contribution in [3.63, 3.8) is 0 Å². The predicted molar refractivity (Wildman–Crippen MR) is 58.4 cm³/mol. The van der Waals surface area contributed by atoms with Gasteiger partial charge in [0.2, 0.25) is 0 Å². The maximum atomic E-state index is 5.96. The Kier molecular flexibility index (Phi) is 3.22. The highest BCUT2D eigenvalue weighted by Crippen LogP contribution is 2.18. The molecule has 0 N–H and O–H groups in total. The lowest BCUT2D eigenvalue weighted by Crippen LogP contribution is -2.18. The van der Waals surface area contributed by atoms with Gasteiger partial charge in [0.1, 0.15) is 0 Å². The van der Waals surface area contributed by atoms with E-state index in [9.17, 15) is 0 Å². The minimum absolute atomic E-state index is 0.152. The second-order valence-corrected chi connectivity index (χ2v) is 3.95. The van der Waals surface area contributed by atoms with Crippen LogP contribution in [0.5, 0.6) is 0 Å². The van der Waals surface area contributed by atoms with Gasteiger partial charge in [-0.3, -0.25) is 0 Å². The predicted octanol–water partition coefficient (Wildman–Crippen LogP) is 3.14. The van der Waals surface area contributed by atoms with Crippen LogP contribution in [0.3, 0.4) is 0 Å². The molecule has 0 aliphatic carbocycles. The van der Waals surface area contributed by atoms with Gasteiger partial charge in [-0.25, -0.2) is 0 Å². The summed E-state index contributed by atoms with van der Waals surface area (Å²) in [6, 6.07) is 10.3. The molecule has 1 aliphatic heterocycles. The smallest absolute Gasteiger partial charge is 0.0810 e. The van der Waals surface area contributed by atoms with Gasteiger partial charge in [0.15, 0.2) is 0 Å². The lowest BCUT2D eigenvalue weighted by Gasteiger charge is -2.19. The zero-order valence-electron chi connectivity index (χ0n) is 7.95. The van der Waals surface area contributed by atoms with Crippen LogP contribution in [0, 0.1) is 0 Å². The summed E-state index contributed by atoms with van der Waals surface area (Å²) in [7, 11) is 0. The number of benzene rings is 1. The van der Waals surface area contributed by atoms with Gasteiger partial charge in [0, 0.05) is 17.9 Å². The van der Waals surface area contributed by atoms with Crippen LogP contribution < -0.4 is 0 Å². The van der Waals surface area contributed by atoms with Gasteiger partial charge in [-0.05, 0) is 11.6 Å². The molecule has 0 radical (unpaired) electrons. The first-order valence-electron chi connectivity index (χ1n) is 4.86. The fraction of sp³-hybridized carbons (Fsp3) is 0.333. The van der Waals surface area contributed by atoms with Crippen LogP contribution in [0.4, 0.5) is 0 Å². The first-order chi connectivity index (χ1) is 6.84. The van der Waals surface area contributed by atoms with Crippen LogP contribution in [-0.4, -0.2) is 12.7 Å². The zero-order chi connectivity index (χ0) is 9.80. The van der Waals surface area contributed by atoms with E-state index in [1.807, 2.05) is 24.3 Å². The Bertz CT molecular complexity index is 318. The third kappa shape index (κ3) is 2.60. The summed E-state index contributed by atoms with van der Waals surface area (Å²) in [5, 5.41) is 0.928. The first kappa shape index (κ1) is 9.75. The second-order valence-electron chi connectivity index (χ2n) is 3.46. The molecule has 0 saturated carbocycles. The fourth-order valence-electron chi connectivity index (χ4n) is 1.61. The molecule has 2 rings (SSSR count). The maximum Gasteiger partial charge on any atom is 0.0810 e. The number of halogens is 1. The van der Waals surface area contributed by atoms with Gasteiger partial charge >= 0.3 is 0 Å². The van der Waals surface area contributed by atoms with Crippen molar-refractivity contribution in [3.8, 4) is 0 Å². The first-order valence-corrected chi connectivity index (χ1v) is 5.24. The van der Waals surface area contributed by atoms with Crippen LogP contribution in [0.25, 0.3) is 0 Å². The number of hydrogen-bond donors (Lipinski definition) is 0. The van der Waals surface area contributed by atoms with Crippen LogP contribution in [-0.2, 0) is 11.2 Å². The highest BCUT2D eigenvalue weighted by Gasteiger charge is 2.12. The number of rotatable bonds is 2. The average Bonchev–Trinajstić information content (AvgIpc) is 2.19. The van der Waals surface area contributed by atoms with Gasteiger partial charge < -0.3 is 4.74 Å². The fourth-order valence-corrected chi connectivity index (χ4v) is 1.82. The van der Waals surface area contributed by atoms with Crippen LogP contribution in [0.1, 0.15) is 12.0 Å². The van der Waals surface area contributed by atoms with Crippen molar-refractivity contribution in [1.82, 2.24) is 0 Å². The molecule has 0 saturated heterocycles. The van der Waals surface area contributed by atoms with Crippen molar-refractivity contribution in [1.29, 1.82) is 0 Å². The molecule has 1 heterocycles. The van der Waals surface area contributed by atoms with Crippen molar-refractivity contribution >= 4 is 11.6 Å². The molecule has 0 bridgehead atoms. The SMILES string of the molecule is ClC1=CC(Cc2ccccc2)OCC1. The lowest BCUT2D eigenvalue weighted by atomic mass is 10.1. The second kappa shape index (κ2) is 4.63. The molecule has 0 fully saturated rings. The molecule has 1 aromatic carbocycles. The van der Waals surface area contributed by atoms with E-state index < -0.39 is 0 Å². The van der Waals surface area contributed by atoms with Crippen LogP contribution in [0.15, 0.2) is 41.4 Å². The third-order valence-corrected chi connectivity index (χ3v) is 2.63. The largest absolute Gasteiger partial charge is 0.373 e. The van der Waals surface area contributed by atoms with E-state index in [0.717, 1.165) is 24.5 Å². The van der Waals surface area contributed by atoms with E-state index in [1.54, 1.807) is 0 Å². The third-order valence-electron chi connectivity index (χ3n) is 2.32. The summed E-state index contributed by atoms with van der Waals surface area (Å²) in [5.41, 5.74) is 1.29. The molecule has 0 aromatic heterocycles. The number of hydrogen-bond acceptors (Lipinski definition) is 1. The minimum atomic E-state index is 0.152. The molecule has 1 aliphatic rings. The molecule has 0 spiro atoms. The van der Waals surface area contributed by atoms with E-state index in [1.165, 1.54) is 5.56 Å². The van der Waals surface area contributed by atoms with Gasteiger partial charge in [-0.1, -0.05) is 41.9 Å². The van der Waals surface area contributed by atoms with E-state index >= 15 is 0 Å². The topological polar surface area (TPSA) is 9.23 Å². The zero-order valence-corrected chi connectivity index (χ0v) is 8.70. The molecule has 14 heavy (non-hydrogen) atoms. The molecule has 0 amide bonds. The summed E-state index contributed by atoms with van der Waals surface area (Å²) in [4.78, 5) is 0. The Balaban J connectivity index is 2.01. The van der Waals surface area contributed by atoms with E-state index in [4.69, 9.17) is 16.3 Å². The monoisotopic (exact) mass is 208 g/mol. The van der Waals surface area contributed by atoms with Gasteiger partial charge in [0.05, 0.1) is 12.7 Å². The Morgan fingerprint density at radius 1 is 1.29 bits per heavy atom. The Hall–Kier alpha value is -0.790. The highest BCUT2D eigenvalue weighted by atomic mass is 35.5. The molecule has 2 heteroatoms. The average molecular weight is 209 g/mol. The molecular weight excluding hydrogens is 196 g/mol. The molecule has 1 nitrogen and oxygen atoms in total. The normalized spacial score (nSPS) is 21.8. The summed E-state index contributed by atoms with van der Waals surface area (Å²) >= 11 is 5.96. The summed E-state index contributed by atoms with van der Waals surface area (Å²) in [6.45, 7) is 0.743. The van der Waals surface area contributed by atoms with Gasteiger partial charge in [-0.15, -0.1) is 0 Å². The maximum absolute atomic E-state index is 5.96. The van der Waals surface area contributed by atoms with Gasteiger partial charge in [0.25, 0.3) is 0 Å². The van der Waals surface area contributed by atoms with Crippen LogP contribution >= 0.6 is 11.6 Å². The van der Waals surface area contributed by atoms with Crippen molar-refractivity contribution in [2.24, 2.45) is 0 Å². The molecular formula is C12H13ClO.